The smallest absolute Gasteiger partial charge is 0.306 e. The lowest BCUT2D eigenvalue weighted by molar-refractivity contribution is -0.148. The first kappa shape index (κ1) is 21.8. The van der Waals surface area contributed by atoms with Crippen LogP contribution < -0.4 is 5.32 Å². The van der Waals surface area contributed by atoms with E-state index in [0.29, 0.717) is 28.7 Å². The lowest BCUT2D eigenvalue weighted by Gasteiger charge is -2.11. The number of hydrogen-bond acceptors (Lipinski definition) is 5. The summed E-state index contributed by atoms with van der Waals surface area (Å²) in [6.45, 7) is -0.0171. The van der Waals surface area contributed by atoms with Gasteiger partial charge in [0.15, 0.2) is 6.61 Å². The van der Waals surface area contributed by atoms with Crippen LogP contribution in [0.5, 0.6) is 0 Å². The molecule has 1 heterocycles. The van der Waals surface area contributed by atoms with Gasteiger partial charge in [0.2, 0.25) is 5.91 Å². The maximum atomic E-state index is 12.3. The fraction of sp³-hybridized carbons (Fsp3) is 0.238. The van der Waals surface area contributed by atoms with Crippen molar-refractivity contribution in [3.63, 3.8) is 0 Å². The minimum atomic E-state index is -0.651. The van der Waals surface area contributed by atoms with E-state index in [1.165, 1.54) is 11.1 Å². The highest BCUT2D eigenvalue weighted by atomic mass is 35.5. The molecular weight excluding hydrogens is 429 g/mol. The minimum absolute atomic E-state index is 0.0495. The van der Waals surface area contributed by atoms with E-state index >= 15 is 0 Å². The first-order valence-electron chi connectivity index (χ1n) is 9.26. The van der Waals surface area contributed by atoms with E-state index in [4.69, 9.17) is 27.9 Å². The number of halogens is 2. The van der Waals surface area contributed by atoms with Gasteiger partial charge >= 0.3 is 5.97 Å². The van der Waals surface area contributed by atoms with Crippen molar-refractivity contribution < 1.29 is 19.1 Å². The molecule has 0 spiro atoms. The number of nitrogens with zero attached hydrogens (tertiary/aromatic N) is 2. The van der Waals surface area contributed by atoms with Gasteiger partial charge in [0.1, 0.15) is 0 Å². The number of anilines is 1. The zero-order chi connectivity index (χ0) is 21.5. The minimum Gasteiger partial charge on any atom is -0.456 e. The number of esters is 1. The van der Waals surface area contributed by atoms with Gasteiger partial charge in [-0.05, 0) is 23.8 Å². The van der Waals surface area contributed by atoms with Crippen molar-refractivity contribution >= 4 is 52.4 Å². The van der Waals surface area contributed by atoms with E-state index in [1.54, 1.807) is 12.1 Å². The fourth-order valence-corrected chi connectivity index (χ4v) is 3.14. The number of rotatable bonds is 7. The third-order valence-corrected chi connectivity index (χ3v) is 4.87. The average molecular weight is 448 g/mol. The third kappa shape index (κ3) is 6.05. The van der Waals surface area contributed by atoms with E-state index in [-0.39, 0.29) is 18.7 Å². The first-order valence-corrected chi connectivity index (χ1v) is 10.0. The summed E-state index contributed by atoms with van der Waals surface area (Å²) in [5.41, 5.74) is 2.13. The van der Waals surface area contributed by atoms with Gasteiger partial charge in [0, 0.05) is 17.9 Å². The van der Waals surface area contributed by atoms with Gasteiger partial charge < -0.3 is 10.1 Å². The predicted octanol–water partition coefficient (Wildman–Crippen LogP) is 3.89. The maximum Gasteiger partial charge on any atom is 0.306 e. The van der Waals surface area contributed by atoms with Gasteiger partial charge in [0.25, 0.3) is 5.91 Å². The SMILES string of the molecule is O=C(COC(=O)CCC(=O)N1CCC(c2ccccc2)=N1)Nc1cc(Cl)ccc1Cl. The molecule has 0 aliphatic carbocycles. The third-order valence-electron chi connectivity index (χ3n) is 4.31. The monoisotopic (exact) mass is 447 g/mol. The van der Waals surface area contributed by atoms with Gasteiger partial charge in [-0.1, -0.05) is 53.5 Å². The van der Waals surface area contributed by atoms with E-state index in [0.717, 1.165) is 11.3 Å². The van der Waals surface area contributed by atoms with Crippen LogP contribution in [0.1, 0.15) is 24.8 Å². The van der Waals surface area contributed by atoms with Crippen LogP contribution in [0.4, 0.5) is 5.69 Å². The summed E-state index contributed by atoms with van der Waals surface area (Å²) in [4.78, 5) is 36.1. The zero-order valence-electron chi connectivity index (χ0n) is 15.9. The van der Waals surface area contributed by atoms with Crippen molar-refractivity contribution in [1.29, 1.82) is 0 Å². The molecule has 2 aromatic carbocycles. The number of nitrogens with one attached hydrogen (secondary N) is 1. The van der Waals surface area contributed by atoms with Crippen molar-refractivity contribution in [3.05, 3.63) is 64.1 Å². The highest BCUT2D eigenvalue weighted by molar-refractivity contribution is 6.35. The average Bonchev–Trinajstić information content (AvgIpc) is 3.24. The lowest BCUT2D eigenvalue weighted by atomic mass is 10.1. The summed E-state index contributed by atoms with van der Waals surface area (Å²) >= 11 is 11.8. The molecule has 30 heavy (non-hydrogen) atoms. The highest BCUT2D eigenvalue weighted by Gasteiger charge is 2.22. The van der Waals surface area contributed by atoms with E-state index in [9.17, 15) is 14.4 Å². The summed E-state index contributed by atoms with van der Waals surface area (Å²) < 4.78 is 4.92. The van der Waals surface area contributed by atoms with E-state index in [2.05, 4.69) is 10.4 Å². The van der Waals surface area contributed by atoms with Gasteiger partial charge in [-0.2, -0.15) is 5.10 Å². The van der Waals surface area contributed by atoms with E-state index in [1.807, 2.05) is 30.3 Å². The number of carbonyl (C=O) groups excluding carboxylic acids is 3. The molecule has 0 aromatic heterocycles. The Balaban J connectivity index is 1.41. The second-order valence-electron chi connectivity index (χ2n) is 6.51. The van der Waals surface area contributed by atoms with Gasteiger partial charge in [-0.15, -0.1) is 0 Å². The second-order valence-corrected chi connectivity index (χ2v) is 7.36. The van der Waals surface area contributed by atoms with Crippen molar-refractivity contribution in [2.24, 2.45) is 5.10 Å². The summed E-state index contributed by atoms with van der Waals surface area (Å²) in [6.07, 6.45) is 0.468. The molecule has 0 saturated heterocycles. The Morgan fingerprint density at radius 2 is 1.83 bits per heavy atom. The van der Waals surface area contributed by atoms with Crippen molar-refractivity contribution in [2.75, 3.05) is 18.5 Å². The van der Waals surface area contributed by atoms with Crippen LogP contribution in [0, 0.1) is 0 Å². The molecule has 2 aromatic rings. The molecule has 0 radical (unpaired) electrons. The molecule has 3 rings (SSSR count). The Labute approximate surface area is 183 Å². The largest absolute Gasteiger partial charge is 0.456 e. The van der Waals surface area contributed by atoms with Crippen LogP contribution >= 0.6 is 23.2 Å². The van der Waals surface area contributed by atoms with Crippen LogP contribution in [-0.2, 0) is 19.1 Å². The van der Waals surface area contributed by atoms with Crippen LogP contribution in [0.15, 0.2) is 53.6 Å². The summed E-state index contributed by atoms with van der Waals surface area (Å²) in [5.74, 6) is -1.48. The Kier molecular flexibility index (Phi) is 7.43. The molecule has 0 unspecified atom stereocenters. The van der Waals surface area contributed by atoms with Crippen molar-refractivity contribution in [3.8, 4) is 0 Å². The van der Waals surface area contributed by atoms with Crippen LogP contribution in [0.3, 0.4) is 0 Å². The summed E-state index contributed by atoms with van der Waals surface area (Å²) in [5, 5.41) is 8.93. The molecule has 9 heteroatoms. The predicted molar refractivity (Wildman–Crippen MR) is 115 cm³/mol. The molecule has 0 atom stereocenters. The normalized spacial score (nSPS) is 13.0. The molecule has 7 nitrogen and oxygen atoms in total. The molecule has 156 valence electrons. The molecule has 2 amide bonds. The highest BCUT2D eigenvalue weighted by Crippen LogP contribution is 2.25. The number of amides is 2. The Morgan fingerprint density at radius 1 is 1.07 bits per heavy atom. The number of hydrazone groups is 1. The quantitative estimate of drug-likeness (QED) is 0.651. The van der Waals surface area contributed by atoms with E-state index < -0.39 is 18.5 Å². The summed E-state index contributed by atoms with van der Waals surface area (Å²) in [6, 6.07) is 14.2. The fourth-order valence-electron chi connectivity index (χ4n) is 2.81. The van der Waals surface area contributed by atoms with Crippen LogP contribution in [0.2, 0.25) is 10.0 Å². The molecule has 1 aliphatic heterocycles. The van der Waals surface area contributed by atoms with Crippen molar-refractivity contribution in [2.45, 2.75) is 19.3 Å². The first-order chi connectivity index (χ1) is 14.4. The molecule has 1 N–H and O–H groups in total. The molecule has 0 saturated carbocycles. The van der Waals surface area contributed by atoms with Crippen molar-refractivity contribution in [1.82, 2.24) is 5.01 Å². The number of benzene rings is 2. The Bertz CT molecular complexity index is 979. The van der Waals surface area contributed by atoms with Crippen LogP contribution in [-0.4, -0.2) is 41.7 Å². The maximum absolute atomic E-state index is 12.3. The number of hydrogen-bond donors (Lipinski definition) is 1. The molecule has 0 bridgehead atoms. The van der Waals surface area contributed by atoms with Gasteiger partial charge in [0.05, 0.1) is 29.4 Å². The number of carbonyl (C=O) groups is 3. The lowest BCUT2D eigenvalue weighted by Crippen LogP contribution is -2.25. The zero-order valence-corrected chi connectivity index (χ0v) is 17.4. The van der Waals surface area contributed by atoms with Gasteiger partial charge in [-0.25, -0.2) is 5.01 Å². The summed E-state index contributed by atoms with van der Waals surface area (Å²) in [7, 11) is 0. The standard InChI is InChI=1S/C21H19Cl2N3O4/c22-15-6-7-16(23)18(12-15)24-19(27)13-30-21(29)9-8-20(28)26-11-10-17(25-26)14-4-2-1-3-5-14/h1-7,12H,8-11,13H2,(H,24,27). The topological polar surface area (TPSA) is 88.1 Å². The second kappa shape index (κ2) is 10.2. The van der Waals surface area contributed by atoms with Crippen LogP contribution in [0.25, 0.3) is 0 Å². The Morgan fingerprint density at radius 3 is 2.60 bits per heavy atom. The molecule has 0 fully saturated rings. The van der Waals surface area contributed by atoms with Gasteiger partial charge in [-0.3, -0.25) is 14.4 Å². The number of ether oxygens (including phenoxy) is 1. The molecular formula is C21H19Cl2N3O4. The molecule has 1 aliphatic rings. The Hall–Kier alpha value is -2.90.